The molecular formula is C12H13ClN2. The largest absolute Gasteiger partial charge is 0.241 e. The molecule has 2 aromatic rings. The molecule has 0 aliphatic heterocycles. The molecule has 0 amide bonds. The maximum absolute atomic E-state index is 5.92. The fraction of sp³-hybridized carbons (Fsp3) is 0.250. The van der Waals surface area contributed by atoms with Crippen LogP contribution in [0.5, 0.6) is 0 Å². The highest BCUT2D eigenvalue weighted by Gasteiger charge is 2.04. The van der Waals surface area contributed by atoms with Crippen molar-refractivity contribution >= 4 is 11.6 Å². The quantitative estimate of drug-likeness (QED) is 0.756. The Balaban J connectivity index is 2.37. The second-order valence-electron chi connectivity index (χ2n) is 3.82. The minimum atomic E-state index is 0.449. The molecule has 0 radical (unpaired) electrons. The van der Waals surface area contributed by atoms with Gasteiger partial charge in [-0.3, -0.25) is 0 Å². The molecular weight excluding hydrogens is 208 g/mol. The Hall–Kier alpha value is -1.28. The Bertz CT molecular complexity index is 460. The Morgan fingerprint density at radius 3 is 2.67 bits per heavy atom. The van der Waals surface area contributed by atoms with Crippen LogP contribution in [0.1, 0.15) is 25.5 Å². The summed E-state index contributed by atoms with van der Waals surface area (Å²) in [4.78, 5) is 0. The standard InChI is InChI=1S/C12H13ClN2/c1-9(2)12-6-7-15(14-12)11-5-3-4-10(13)8-11/h3-9H,1-2H3. The summed E-state index contributed by atoms with van der Waals surface area (Å²) in [6.45, 7) is 4.26. The normalized spacial score (nSPS) is 10.9. The minimum absolute atomic E-state index is 0.449. The van der Waals surface area contributed by atoms with E-state index in [1.807, 2.05) is 41.2 Å². The first-order valence-electron chi connectivity index (χ1n) is 4.98. The maximum Gasteiger partial charge on any atom is 0.0660 e. The van der Waals surface area contributed by atoms with Crippen LogP contribution in [0.4, 0.5) is 0 Å². The van der Waals surface area contributed by atoms with Crippen LogP contribution in [0, 0.1) is 0 Å². The van der Waals surface area contributed by atoms with Crippen LogP contribution in [0.2, 0.25) is 5.02 Å². The number of hydrogen-bond donors (Lipinski definition) is 0. The van der Waals surface area contributed by atoms with Crippen LogP contribution in [0.3, 0.4) is 0 Å². The second kappa shape index (κ2) is 4.07. The van der Waals surface area contributed by atoms with E-state index in [-0.39, 0.29) is 0 Å². The predicted molar refractivity (Wildman–Crippen MR) is 62.7 cm³/mol. The number of nitrogens with zero attached hydrogens (tertiary/aromatic N) is 2. The number of benzene rings is 1. The summed E-state index contributed by atoms with van der Waals surface area (Å²) in [6, 6.07) is 9.71. The Labute approximate surface area is 94.5 Å². The highest BCUT2D eigenvalue weighted by Crippen LogP contribution is 2.16. The summed E-state index contributed by atoms with van der Waals surface area (Å²) in [5.74, 6) is 0.449. The van der Waals surface area contributed by atoms with Gasteiger partial charge >= 0.3 is 0 Å². The van der Waals surface area contributed by atoms with Crippen molar-refractivity contribution in [3.63, 3.8) is 0 Å². The SMILES string of the molecule is CC(C)c1ccn(-c2cccc(Cl)c2)n1. The molecule has 0 saturated carbocycles. The van der Waals surface area contributed by atoms with Gasteiger partial charge in [0.1, 0.15) is 0 Å². The lowest BCUT2D eigenvalue weighted by Crippen LogP contribution is -1.96. The summed E-state index contributed by atoms with van der Waals surface area (Å²) in [6.07, 6.45) is 1.96. The number of rotatable bonds is 2. The predicted octanol–water partition coefficient (Wildman–Crippen LogP) is 3.65. The first-order valence-corrected chi connectivity index (χ1v) is 5.36. The van der Waals surface area contributed by atoms with Crippen LogP contribution < -0.4 is 0 Å². The van der Waals surface area contributed by atoms with Gasteiger partial charge in [-0.25, -0.2) is 4.68 Å². The smallest absolute Gasteiger partial charge is 0.0660 e. The lowest BCUT2D eigenvalue weighted by molar-refractivity contribution is 0.768. The zero-order valence-corrected chi connectivity index (χ0v) is 9.57. The molecule has 0 N–H and O–H groups in total. The summed E-state index contributed by atoms with van der Waals surface area (Å²) in [5.41, 5.74) is 2.09. The van der Waals surface area contributed by atoms with Crippen molar-refractivity contribution in [3.05, 3.63) is 47.2 Å². The molecule has 0 fully saturated rings. The lowest BCUT2D eigenvalue weighted by atomic mass is 10.1. The van der Waals surface area contributed by atoms with Gasteiger partial charge in [0.2, 0.25) is 0 Å². The Kier molecular flexibility index (Phi) is 2.78. The van der Waals surface area contributed by atoms with Gasteiger partial charge in [0.25, 0.3) is 0 Å². The van der Waals surface area contributed by atoms with Crippen molar-refractivity contribution in [1.29, 1.82) is 0 Å². The fourth-order valence-electron chi connectivity index (χ4n) is 1.41. The topological polar surface area (TPSA) is 17.8 Å². The maximum atomic E-state index is 5.92. The number of hydrogen-bond acceptors (Lipinski definition) is 1. The fourth-order valence-corrected chi connectivity index (χ4v) is 1.59. The van der Waals surface area contributed by atoms with Gasteiger partial charge in [-0.15, -0.1) is 0 Å². The van der Waals surface area contributed by atoms with Gasteiger partial charge in [-0.1, -0.05) is 31.5 Å². The van der Waals surface area contributed by atoms with Crippen molar-refractivity contribution in [3.8, 4) is 5.69 Å². The Morgan fingerprint density at radius 2 is 2.07 bits per heavy atom. The van der Waals surface area contributed by atoms with E-state index in [4.69, 9.17) is 11.6 Å². The third-order valence-electron chi connectivity index (χ3n) is 2.27. The molecule has 1 aromatic carbocycles. The molecule has 2 rings (SSSR count). The van der Waals surface area contributed by atoms with E-state index >= 15 is 0 Å². The molecule has 0 aliphatic rings. The Morgan fingerprint density at radius 1 is 1.27 bits per heavy atom. The van der Waals surface area contributed by atoms with Crippen molar-refractivity contribution in [2.45, 2.75) is 19.8 Å². The molecule has 0 atom stereocenters. The van der Waals surface area contributed by atoms with E-state index in [2.05, 4.69) is 18.9 Å². The molecule has 0 aliphatic carbocycles. The molecule has 0 bridgehead atoms. The van der Waals surface area contributed by atoms with Gasteiger partial charge < -0.3 is 0 Å². The first-order chi connectivity index (χ1) is 7.16. The first kappa shape index (κ1) is 10.2. The molecule has 1 aromatic heterocycles. The zero-order chi connectivity index (χ0) is 10.8. The highest BCUT2D eigenvalue weighted by molar-refractivity contribution is 6.30. The monoisotopic (exact) mass is 220 g/mol. The van der Waals surface area contributed by atoms with Crippen molar-refractivity contribution in [2.75, 3.05) is 0 Å². The zero-order valence-electron chi connectivity index (χ0n) is 8.81. The minimum Gasteiger partial charge on any atom is -0.241 e. The summed E-state index contributed by atoms with van der Waals surface area (Å²) >= 11 is 5.92. The summed E-state index contributed by atoms with van der Waals surface area (Å²) < 4.78 is 1.85. The molecule has 15 heavy (non-hydrogen) atoms. The van der Waals surface area contributed by atoms with Gasteiger partial charge in [-0.2, -0.15) is 5.10 Å². The van der Waals surface area contributed by atoms with Gasteiger partial charge in [0.15, 0.2) is 0 Å². The van der Waals surface area contributed by atoms with E-state index in [0.29, 0.717) is 5.92 Å². The third kappa shape index (κ3) is 2.21. The molecule has 0 spiro atoms. The third-order valence-corrected chi connectivity index (χ3v) is 2.51. The van der Waals surface area contributed by atoms with E-state index in [1.165, 1.54) is 0 Å². The molecule has 2 nitrogen and oxygen atoms in total. The van der Waals surface area contributed by atoms with E-state index in [0.717, 1.165) is 16.4 Å². The molecule has 78 valence electrons. The van der Waals surface area contributed by atoms with Gasteiger partial charge in [0, 0.05) is 11.2 Å². The summed E-state index contributed by atoms with van der Waals surface area (Å²) in [5, 5.41) is 5.21. The van der Waals surface area contributed by atoms with Crippen molar-refractivity contribution in [1.82, 2.24) is 9.78 Å². The molecule has 0 saturated heterocycles. The molecule has 3 heteroatoms. The average molecular weight is 221 g/mol. The van der Waals surface area contributed by atoms with Crippen molar-refractivity contribution < 1.29 is 0 Å². The lowest BCUT2D eigenvalue weighted by Gasteiger charge is -2.02. The molecule has 1 heterocycles. The summed E-state index contributed by atoms with van der Waals surface area (Å²) in [7, 11) is 0. The van der Waals surface area contributed by atoms with Gasteiger partial charge in [-0.05, 0) is 30.2 Å². The number of aromatic nitrogens is 2. The highest BCUT2D eigenvalue weighted by atomic mass is 35.5. The van der Waals surface area contributed by atoms with Gasteiger partial charge in [0.05, 0.1) is 11.4 Å². The van der Waals surface area contributed by atoms with Crippen molar-refractivity contribution in [2.24, 2.45) is 0 Å². The van der Waals surface area contributed by atoms with E-state index in [9.17, 15) is 0 Å². The van der Waals surface area contributed by atoms with Crippen LogP contribution >= 0.6 is 11.6 Å². The average Bonchev–Trinajstić information content (AvgIpc) is 2.66. The second-order valence-corrected chi connectivity index (χ2v) is 4.26. The van der Waals surface area contributed by atoms with E-state index in [1.54, 1.807) is 0 Å². The van der Waals surface area contributed by atoms with Crippen LogP contribution in [0.15, 0.2) is 36.5 Å². The number of halogens is 1. The van der Waals surface area contributed by atoms with Crippen LogP contribution in [0.25, 0.3) is 5.69 Å². The van der Waals surface area contributed by atoms with Crippen LogP contribution in [-0.4, -0.2) is 9.78 Å². The van der Waals surface area contributed by atoms with E-state index < -0.39 is 0 Å². The van der Waals surface area contributed by atoms with Crippen LogP contribution in [-0.2, 0) is 0 Å². The molecule has 0 unspecified atom stereocenters.